The third-order valence-electron chi connectivity index (χ3n) is 6.20. The molecule has 0 bridgehead atoms. The van der Waals surface area contributed by atoms with Crippen molar-refractivity contribution in [1.82, 2.24) is 0 Å². The number of hydrogen-bond acceptors (Lipinski definition) is 0. The van der Waals surface area contributed by atoms with Gasteiger partial charge in [0.05, 0.1) is 0 Å². The first-order chi connectivity index (χ1) is 7.83. The molecule has 0 amide bonds. The molecule has 0 heterocycles. The molecule has 0 aromatic rings. The minimum atomic E-state index is 0.834. The quantitative estimate of drug-likeness (QED) is 0.508. The lowest BCUT2D eigenvalue weighted by Crippen LogP contribution is -2.36. The fourth-order valence-corrected chi connectivity index (χ4v) is 4.91. The molecule has 0 heteroatoms. The zero-order valence-corrected chi connectivity index (χ0v) is 10.9. The lowest BCUT2D eigenvalue weighted by Gasteiger charge is -2.50. The first kappa shape index (κ1) is 11.1. The minimum Gasteiger partial charge on any atom is -0.0533 e. The van der Waals surface area contributed by atoms with Crippen molar-refractivity contribution in [2.75, 3.05) is 0 Å². The first-order valence-corrected chi connectivity index (χ1v) is 7.83. The average molecular weight is 220 g/mol. The molecule has 3 fully saturated rings. The van der Waals surface area contributed by atoms with Crippen LogP contribution in [0.25, 0.3) is 0 Å². The summed E-state index contributed by atoms with van der Waals surface area (Å²) in [5.74, 6) is 0. The third-order valence-corrected chi connectivity index (χ3v) is 6.20. The van der Waals surface area contributed by atoms with Crippen molar-refractivity contribution in [1.29, 1.82) is 0 Å². The van der Waals surface area contributed by atoms with Gasteiger partial charge in [0.1, 0.15) is 0 Å². The molecule has 0 atom stereocenters. The van der Waals surface area contributed by atoms with E-state index in [0.717, 1.165) is 10.8 Å². The van der Waals surface area contributed by atoms with Crippen molar-refractivity contribution in [2.45, 2.75) is 89.9 Å². The van der Waals surface area contributed by atoms with Crippen LogP contribution in [0.1, 0.15) is 89.9 Å². The monoisotopic (exact) mass is 220 g/mol. The minimum absolute atomic E-state index is 0.834. The number of rotatable bonds is 0. The molecule has 3 saturated carbocycles. The van der Waals surface area contributed by atoms with Crippen molar-refractivity contribution in [2.24, 2.45) is 10.8 Å². The average Bonchev–Trinajstić information content (AvgIpc) is 2.36. The van der Waals surface area contributed by atoms with Crippen LogP contribution in [0.15, 0.2) is 0 Å². The van der Waals surface area contributed by atoms with Gasteiger partial charge < -0.3 is 0 Å². The molecule has 3 aliphatic rings. The summed E-state index contributed by atoms with van der Waals surface area (Å²) in [4.78, 5) is 0. The Balaban J connectivity index is 1.61. The van der Waals surface area contributed by atoms with Crippen molar-refractivity contribution in [3.63, 3.8) is 0 Å². The van der Waals surface area contributed by atoms with E-state index in [4.69, 9.17) is 0 Å². The highest BCUT2D eigenvalue weighted by Crippen LogP contribution is 2.56. The molecule has 0 aromatic carbocycles. The topological polar surface area (TPSA) is 0 Å². The predicted octanol–water partition coefficient (Wildman–Crippen LogP) is 5.46. The summed E-state index contributed by atoms with van der Waals surface area (Å²) in [6.07, 6.45) is 21.8. The highest BCUT2D eigenvalue weighted by molar-refractivity contribution is 4.95. The lowest BCUT2D eigenvalue weighted by molar-refractivity contribution is 0.0231. The second-order valence-electron chi connectivity index (χ2n) is 7.12. The summed E-state index contributed by atoms with van der Waals surface area (Å²) in [6.45, 7) is 0. The van der Waals surface area contributed by atoms with E-state index in [-0.39, 0.29) is 0 Å². The molecule has 2 spiro atoms. The summed E-state index contributed by atoms with van der Waals surface area (Å²) >= 11 is 0. The summed E-state index contributed by atoms with van der Waals surface area (Å²) in [7, 11) is 0. The molecular formula is C16H28. The van der Waals surface area contributed by atoms with Gasteiger partial charge in [0.15, 0.2) is 0 Å². The zero-order chi connectivity index (χ0) is 10.9. The second kappa shape index (κ2) is 4.35. The largest absolute Gasteiger partial charge is 0.0533 e. The van der Waals surface area contributed by atoms with Gasteiger partial charge in [-0.3, -0.25) is 0 Å². The van der Waals surface area contributed by atoms with Crippen molar-refractivity contribution < 1.29 is 0 Å². The molecule has 0 radical (unpaired) electrons. The molecule has 0 N–H and O–H groups in total. The van der Waals surface area contributed by atoms with E-state index in [1.54, 1.807) is 51.4 Å². The maximum absolute atomic E-state index is 1.59. The summed E-state index contributed by atoms with van der Waals surface area (Å²) in [5, 5.41) is 0. The van der Waals surface area contributed by atoms with E-state index < -0.39 is 0 Å². The lowest BCUT2D eigenvalue weighted by atomic mass is 9.56. The van der Waals surface area contributed by atoms with E-state index in [1.165, 1.54) is 38.5 Å². The fraction of sp³-hybridized carbons (Fsp3) is 1.00. The van der Waals surface area contributed by atoms with Gasteiger partial charge in [-0.1, -0.05) is 38.5 Å². The summed E-state index contributed by atoms with van der Waals surface area (Å²) in [5.41, 5.74) is 1.67. The predicted molar refractivity (Wildman–Crippen MR) is 69.5 cm³/mol. The van der Waals surface area contributed by atoms with Crippen molar-refractivity contribution in [3.8, 4) is 0 Å². The molecule has 3 rings (SSSR count). The van der Waals surface area contributed by atoms with Gasteiger partial charge in [0, 0.05) is 0 Å². The van der Waals surface area contributed by atoms with Crippen LogP contribution in [-0.2, 0) is 0 Å². The molecule has 0 aromatic heterocycles. The maximum Gasteiger partial charge on any atom is -0.0297 e. The van der Waals surface area contributed by atoms with Crippen LogP contribution in [-0.4, -0.2) is 0 Å². The normalized spacial score (nSPS) is 33.0. The van der Waals surface area contributed by atoms with Gasteiger partial charge in [0.2, 0.25) is 0 Å². The van der Waals surface area contributed by atoms with Gasteiger partial charge in [0.25, 0.3) is 0 Å². The van der Waals surface area contributed by atoms with Crippen LogP contribution < -0.4 is 0 Å². The fourth-order valence-electron chi connectivity index (χ4n) is 4.91. The van der Waals surface area contributed by atoms with E-state index in [1.807, 2.05) is 0 Å². The highest BCUT2D eigenvalue weighted by Gasteiger charge is 2.42. The Morgan fingerprint density at radius 3 is 0.938 bits per heavy atom. The van der Waals surface area contributed by atoms with Crippen LogP contribution in [0.5, 0.6) is 0 Å². The van der Waals surface area contributed by atoms with E-state index in [2.05, 4.69) is 0 Å². The molecule has 0 nitrogen and oxygen atoms in total. The molecule has 0 saturated heterocycles. The van der Waals surface area contributed by atoms with Crippen LogP contribution >= 0.6 is 0 Å². The smallest absolute Gasteiger partial charge is 0.0297 e. The molecule has 16 heavy (non-hydrogen) atoms. The van der Waals surface area contributed by atoms with Gasteiger partial charge in [-0.2, -0.15) is 0 Å². The summed E-state index contributed by atoms with van der Waals surface area (Å²) in [6, 6.07) is 0. The number of hydrogen-bond donors (Lipinski definition) is 0. The van der Waals surface area contributed by atoms with E-state index >= 15 is 0 Å². The van der Waals surface area contributed by atoms with Gasteiger partial charge in [-0.25, -0.2) is 0 Å². The Morgan fingerprint density at radius 1 is 0.312 bits per heavy atom. The Morgan fingerprint density at radius 2 is 0.625 bits per heavy atom. The van der Waals surface area contributed by atoms with E-state index in [0.29, 0.717) is 0 Å². The van der Waals surface area contributed by atoms with Crippen LogP contribution in [0.4, 0.5) is 0 Å². The maximum atomic E-state index is 1.59. The molecule has 0 unspecified atom stereocenters. The second-order valence-corrected chi connectivity index (χ2v) is 7.12. The third kappa shape index (κ3) is 2.05. The van der Waals surface area contributed by atoms with Gasteiger partial charge in [-0.05, 0) is 62.2 Å². The van der Waals surface area contributed by atoms with Gasteiger partial charge in [-0.15, -0.1) is 0 Å². The Kier molecular flexibility index (Phi) is 3.02. The van der Waals surface area contributed by atoms with Gasteiger partial charge >= 0.3 is 0 Å². The Bertz CT molecular complexity index is 190. The van der Waals surface area contributed by atoms with Crippen LogP contribution in [0.3, 0.4) is 0 Å². The molecule has 0 aliphatic heterocycles. The highest BCUT2D eigenvalue weighted by atomic mass is 14.5. The van der Waals surface area contributed by atoms with Crippen molar-refractivity contribution in [3.05, 3.63) is 0 Å². The van der Waals surface area contributed by atoms with Crippen LogP contribution in [0, 0.1) is 10.8 Å². The van der Waals surface area contributed by atoms with E-state index in [9.17, 15) is 0 Å². The molecule has 92 valence electrons. The standard InChI is InChI=1S/C16H28/c1-3-7-15(8-4-1)11-13-16(14-12-15)9-5-2-6-10-16/h1-14H2. The first-order valence-electron chi connectivity index (χ1n) is 7.83. The SMILES string of the molecule is C1CCC2(CC1)CCC1(CCCCC1)CC2. The van der Waals surface area contributed by atoms with Crippen LogP contribution in [0.2, 0.25) is 0 Å². The Hall–Kier alpha value is 0. The molecule has 3 aliphatic carbocycles. The summed E-state index contributed by atoms with van der Waals surface area (Å²) < 4.78 is 0. The zero-order valence-electron chi connectivity index (χ0n) is 10.9. The van der Waals surface area contributed by atoms with Crippen molar-refractivity contribution >= 4 is 0 Å². The molecular weight excluding hydrogens is 192 g/mol. The Labute approximate surface area is 101 Å².